The summed E-state index contributed by atoms with van der Waals surface area (Å²) in [6.07, 6.45) is 1.05. The van der Waals surface area contributed by atoms with Crippen LogP contribution in [0.3, 0.4) is 0 Å². The summed E-state index contributed by atoms with van der Waals surface area (Å²) in [5, 5.41) is 0. The average Bonchev–Trinajstić information content (AvgIpc) is 2.97. The van der Waals surface area contributed by atoms with Gasteiger partial charge in [0.15, 0.2) is 0 Å². The zero-order valence-corrected chi connectivity index (χ0v) is 17.7. The highest BCUT2D eigenvalue weighted by molar-refractivity contribution is 5.77. The lowest BCUT2D eigenvalue weighted by molar-refractivity contribution is 0.287. The molecule has 0 aliphatic rings. The van der Waals surface area contributed by atoms with E-state index in [1.165, 1.54) is 5.56 Å². The minimum Gasteiger partial charge on any atom is -0.494 e. The maximum atomic E-state index is 6.01. The summed E-state index contributed by atoms with van der Waals surface area (Å²) >= 11 is 0. The molecule has 0 radical (unpaired) electrons. The summed E-state index contributed by atoms with van der Waals surface area (Å²) in [4.78, 5) is 4.83. The molecule has 3 aromatic rings. The fraction of sp³-hybridized carbons (Fsp3) is 0.458. The van der Waals surface area contributed by atoms with Gasteiger partial charge < -0.3 is 14.0 Å². The molecule has 0 atom stereocenters. The molecule has 0 aliphatic carbocycles. The molecule has 4 nitrogen and oxygen atoms in total. The van der Waals surface area contributed by atoms with E-state index in [0.29, 0.717) is 18.4 Å². The van der Waals surface area contributed by atoms with E-state index in [9.17, 15) is 0 Å². The van der Waals surface area contributed by atoms with E-state index in [1.807, 2.05) is 24.3 Å². The first-order valence-corrected chi connectivity index (χ1v) is 10.2. The van der Waals surface area contributed by atoms with Crippen molar-refractivity contribution < 1.29 is 9.47 Å². The van der Waals surface area contributed by atoms with Crippen LogP contribution in [0.2, 0.25) is 0 Å². The summed E-state index contributed by atoms with van der Waals surface area (Å²) in [6.45, 7) is 13.0. The van der Waals surface area contributed by atoms with Gasteiger partial charge in [0, 0.05) is 12.6 Å². The van der Waals surface area contributed by atoms with Crippen LogP contribution in [0.1, 0.15) is 45.5 Å². The molecule has 0 unspecified atom stereocenters. The molecule has 2 aromatic carbocycles. The first kappa shape index (κ1) is 20.2. The lowest BCUT2D eigenvalue weighted by Gasteiger charge is -2.13. The minimum atomic E-state index is 0.452. The Kier molecular flexibility index (Phi) is 6.61. The fourth-order valence-electron chi connectivity index (χ4n) is 3.12. The third kappa shape index (κ3) is 5.28. The van der Waals surface area contributed by atoms with Crippen molar-refractivity contribution in [2.45, 2.75) is 54.2 Å². The molecule has 0 amide bonds. The molecule has 0 aliphatic heterocycles. The van der Waals surface area contributed by atoms with Crippen molar-refractivity contribution in [2.75, 3.05) is 6.61 Å². The Morgan fingerprint density at radius 2 is 1.61 bits per heavy atom. The number of hydrogen-bond acceptors (Lipinski definition) is 3. The number of hydrogen-bond donors (Lipinski definition) is 0. The van der Waals surface area contributed by atoms with Crippen molar-refractivity contribution in [3.63, 3.8) is 0 Å². The first-order chi connectivity index (χ1) is 13.4. The highest BCUT2D eigenvalue weighted by Crippen LogP contribution is 2.25. The maximum Gasteiger partial charge on any atom is 0.148 e. The molecule has 0 fully saturated rings. The average molecular weight is 381 g/mol. The van der Waals surface area contributed by atoms with Gasteiger partial charge in [0.2, 0.25) is 0 Å². The van der Waals surface area contributed by atoms with E-state index < -0.39 is 0 Å². The zero-order chi connectivity index (χ0) is 20.1. The number of benzene rings is 2. The van der Waals surface area contributed by atoms with E-state index in [4.69, 9.17) is 14.5 Å². The van der Waals surface area contributed by atoms with Crippen LogP contribution in [0.4, 0.5) is 0 Å². The van der Waals surface area contributed by atoms with Crippen LogP contribution in [0, 0.1) is 18.8 Å². The highest BCUT2D eigenvalue weighted by atomic mass is 16.5. The van der Waals surface area contributed by atoms with Gasteiger partial charge in [-0.15, -0.1) is 0 Å². The van der Waals surface area contributed by atoms with Crippen molar-refractivity contribution in [1.29, 1.82) is 0 Å². The summed E-state index contributed by atoms with van der Waals surface area (Å²) in [5.74, 6) is 3.88. The Morgan fingerprint density at radius 1 is 0.893 bits per heavy atom. The molecule has 1 heterocycles. The quantitative estimate of drug-likeness (QED) is 0.456. The SMILES string of the molecule is Cc1ccc(OCc2nc3ccc(OCCC(C)C)cc3n2CC(C)C)cc1. The summed E-state index contributed by atoms with van der Waals surface area (Å²) in [5.41, 5.74) is 3.32. The molecule has 1 aromatic heterocycles. The van der Waals surface area contributed by atoms with Crippen molar-refractivity contribution in [3.8, 4) is 11.5 Å². The van der Waals surface area contributed by atoms with Crippen LogP contribution in [0.25, 0.3) is 11.0 Å². The lowest BCUT2D eigenvalue weighted by Crippen LogP contribution is -2.11. The van der Waals surface area contributed by atoms with Gasteiger partial charge in [-0.3, -0.25) is 0 Å². The van der Waals surface area contributed by atoms with Crippen LogP contribution in [-0.4, -0.2) is 16.2 Å². The molecule has 4 heteroatoms. The molecular weight excluding hydrogens is 348 g/mol. The Hall–Kier alpha value is -2.49. The molecule has 150 valence electrons. The van der Waals surface area contributed by atoms with Crippen LogP contribution < -0.4 is 9.47 Å². The number of rotatable bonds is 9. The van der Waals surface area contributed by atoms with Gasteiger partial charge in [-0.1, -0.05) is 45.4 Å². The number of fused-ring (bicyclic) bond motifs is 1. The largest absolute Gasteiger partial charge is 0.494 e. The Morgan fingerprint density at radius 3 is 2.29 bits per heavy atom. The normalized spacial score (nSPS) is 11.5. The number of aromatic nitrogens is 2. The molecule has 28 heavy (non-hydrogen) atoms. The smallest absolute Gasteiger partial charge is 0.148 e. The monoisotopic (exact) mass is 380 g/mol. The molecule has 3 rings (SSSR count). The van der Waals surface area contributed by atoms with E-state index in [2.05, 4.69) is 57.4 Å². The van der Waals surface area contributed by atoms with Gasteiger partial charge in [0.1, 0.15) is 23.9 Å². The number of ether oxygens (including phenoxy) is 2. The van der Waals surface area contributed by atoms with Gasteiger partial charge >= 0.3 is 0 Å². The van der Waals surface area contributed by atoms with Gasteiger partial charge in [-0.25, -0.2) is 4.98 Å². The second-order valence-corrected chi connectivity index (χ2v) is 8.32. The molecule has 0 N–H and O–H groups in total. The Balaban J connectivity index is 1.82. The number of nitrogens with zero attached hydrogens (tertiary/aromatic N) is 2. The van der Waals surface area contributed by atoms with Crippen molar-refractivity contribution in [3.05, 3.63) is 53.9 Å². The van der Waals surface area contributed by atoms with Gasteiger partial charge in [-0.2, -0.15) is 0 Å². The molecule has 0 spiro atoms. The molecule has 0 saturated heterocycles. The number of imidazole rings is 1. The maximum absolute atomic E-state index is 6.01. The van der Waals surface area contributed by atoms with Gasteiger partial charge in [-0.05, 0) is 49.4 Å². The topological polar surface area (TPSA) is 36.3 Å². The van der Waals surface area contributed by atoms with Gasteiger partial charge in [0.25, 0.3) is 0 Å². The van der Waals surface area contributed by atoms with Crippen LogP contribution in [0.15, 0.2) is 42.5 Å². The third-order valence-electron chi connectivity index (χ3n) is 4.70. The number of aryl methyl sites for hydroxylation is 1. The van der Waals surface area contributed by atoms with Crippen LogP contribution in [0.5, 0.6) is 11.5 Å². The predicted octanol–water partition coefficient (Wildman–Crippen LogP) is 6.00. The standard InChI is InChI=1S/C24H32N2O2/c1-17(2)12-13-27-21-10-11-22-23(14-21)26(15-18(3)4)24(25-22)16-28-20-8-6-19(5)7-9-20/h6-11,14,17-18H,12-13,15-16H2,1-5H3. The molecule has 0 bridgehead atoms. The second kappa shape index (κ2) is 9.13. The van der Waals surface area contributed by atoms with Crippen molar-refractivity contribution in [1.82, 2.24) is 9.55 Å². The molecule has 0 saturated carbocycles. The third-order valence-corrected chi connectivity index (χ3v) is 4.70. The molecular formula is C24H32N2O2. The van der Waals surface area contributed by atoms with E-state index >= 15 is 0 Å². The predicted molar refractivity (Wildman–Crippen MR) is 115 cm³/mol. The fourth-order valence-corrected chi connectivity index (χ4v) is 3.12. The summed E-state index contributed by atoms with van der Waals surface area (Å²) in [7, 11) is 0. The highest BCUT2D eigenvalue weighted by Gasteiger charge is 2.14. The lowest BCUT2D eigenvalue weighted by atomic mass is 10.1. The van der Waals surface area contributed by atoms with E-state index in [0.717, 1.165) is 47.9 Å². The second-order valence-electron chi connectivity index (χ2n) is 8.32. The van der Waals surface area contributed by atoms with Crippen molar-refractivity contribution >= 4 is 11.0 Å². The Bertz CT molecular complexity index is 895. The van der Waals surface area contributed by atoms with Crippen molar-refractivity contribution in [2.24, 2.45) is 11.8 Å². The van der Waals surface area contributed by atoms with E-state index in [-0.39, 0.29) is 0 Å². The van der Waals surface area contributed by atoms with E-state index in [1.54, 1.807) is 0 Å². The summed E-state index contributed by atoms with van der Waals surface area (Å²) < 4.78 is 14.2. The van der Waals surface area contributed by atoms with Gasteiger partial charge in [0.05, 0.1) is 17.6 Å². The minimum absolute atomic E-state index is 0.452. The van der Waals surface area contributed by atoms with Crippen LogP contribution in [-0.2, 0) is 13.2 Å². The Labute approximate surface area is 168 Å². The zero-order valence-electron chi connectivity index (χ0n) is 17.7. The first-order valence-electron chi connectivity index (χ1n) is 10.2. The summed E-state index contributed by atoms with van der Waals surface area (Å²) in [6, 6.07) is 14.3. The van der Waals surface area contributed by atoms with Crippen LogP contribution >= 0.6 is 0 Å².